The molecule has 0 aromatic heterocycles. The van der Waals surface area contributed by atoms with Crippen molar-refractivity contribution in [2.24, 2.45) is 5.73 Å². The third kappa shape index (κ3) is 9.49. The molecule has 130 valence electrons. The number of ether oxygens (including phenoxy) is 1. The van der Waals surface area contributed by atoms with Crippen LogP contribution in [-0.2, 0) is 9.59 Å². The van der Waals surface area contributed by atoms with Crippen LogP contribution in [0.5, 0.6) is 5.75 Å². The van der Waals surface area contributed by atoms with Crippen molar-refractivity contribution in [1.82, 2.24) is 5.32 Å². The summed E-state index contributed by atoms with van der Waals surface area (Å²) in [7, 11) is 0. The zero-order chi connectivity index (χ0) is 17.8. The van der Waals surface area contributed by atoms with Crippen LogP contribution in [0.25, 0.3) is 0 Å². The van der Waals surface area contributed by atoms with Gasteiger partial charge in [-0.25, -0.2) is 9.59 Å². The van der Waals surface area contributed by atoms with Crippen LogP contribution in [0.3, 0.4) is 0 Å². The fourth-order valence-corrected chi connectivity index (χ4v) is 1.85. The molecular formula is C16H26N2O5. The molecule has 0 aliphatic rings. The number of nitrogens with one attached hydrogen (secondary N) is 1. The van der Waals surface area contributed by atoms with E-state index in [2.05, 4.69) is 38.2 Å². The topological polar surface area (TPSA) is 122 Å². The first-order valence-corrected chi connectivity index (χ1v) is 7.40. The summed E-state index contributed by atoms with van der Waals surface area (Å²) in [4.78, 5) is 18.2. The lowest BCUT2D eigenvalue weighted by atomic mass is 9.98. The van der Waals surface area contributed by atoms with Crippen LogP contribution in [0.2, 0.25) is 0 Å². The summed E-state index contributed by atoms with van der Waals surface area (Å²) >= 11 is 0. The molecule has 0 heterocycles. The van der Waals surface area contributed by atoms with E-state index in [1.54, 1.807) is 0 Å². The molecule has 7 nitrogen and oxygen atoms in total. The summed E-state index contributed by atoms with van der Waals surface area (Å²) in [6.45, 7) is 9.58. The van der Waals surface area contributed by atoms with Gasteiger partial charge < -0.3 is 26.0 Å². The SMILES string of the molecule is Cc1cc(OCCNCCN)ccc1C(C)C.O=C(O)C(=O)O. The lowest BCUT2D eigenvalue weighted by Crippen LogP contribution is -2.26. The molecule has 5 N–H and O–H groups in total. The number of hydrogen-bond donors (Lipinski definition) is 4. The molecule has 0 fully saturated rings. The quantitative estimate of drug-likeness (QED) is 0.438. The van der Waals surface area contributed by atoms with Gasteiger partial charge in [0, 0.05) is 19.6 Å². The molecular weight excluding hydrogens is 300 g/mol. The minimum atomic E-state index is -1.82. The van der Waals surface area contributed by atoms with E-state index >= 15 is 0 Å². The standard InChI is InChI=1S/C14H24N2O.C2H2O4/c1-11(2)14-5-4-13(10-12(14)3)17-9-8-16-7-6-15;3-1(4)2(5)6/h4-5,10-11,16H,6-9,15H2,1-3H3;(H,3,4)(H,5,6). The van der Waals surface area contributed by atoms with Gasteiger partial charge in [0.25, 0.3) is 0 Å². The van der Waals surface area contributed by atoms with Crippen molar-refractivity contribution in [2.45, 2.75) is 26.7 Å². The second kappa shape index (κ2) is 11.4. The van der Waals surface area contributed by atoms with Gasteiger partial charge in [0.1, 0.15) is 12.4 Å². The van der Waals surface area contributed by atoms with Gasteiger partial charge in [-0.15, -0.1) is 0 Å². The maximum atomic E-state index is 9.10. The highest BCUT2D eigenvalue weighted by Crippen LogP contribution is 2.23. The van der Waals surface area contributed by atoms with Crippen molar-refractivity contribution < 1.29 is 24.5 Å². The molecule has 0 aliphatic heterocycles. The number of nitrogens with two attached hydrogens (primary N) is 1. The van der Waals surface area contributed by atoms with E-state index in [4.69, 9.17) is 30.3 Å². The van der Waals surface area contributed by atoms with Crippen molar-refractivity contribution in [2.75, 3.05) is 26.2 Å². The minimum Gasteiger partial charge on any atom is -0.492 e. The molecule has 1 aromatic rings. The lowest BCUT2D eigenvalue weighted by Gasteiger charge is -2.12. The molecule has 0 saturated carbocycles. The van der Waals surface area contributed by atoms with Gasteiger partial charge in [0.05, 0.1) is 0 Å². The fraction of sp³-hybridized carbons (Fsp3) is 0.500. The second-order valence-corrected chi connectivity index (χ2v) is 5.17. The molecule has 0 radical (unpaired) electrons. The molecule has 7 heteroatoms. The van der Waals surface area contributed by atoms with E-state index in [-0.39, 0.29) is 0 Å². The highest BCUT2D eigenvalue weighted by atomic mass is 16.5. The Kier molecular flexibility index (Phi) is 10.4. The second-order valence-electron chi connectivity index (χ2n) is 5.17. The zero-order valence-electron chi connectivity index (χ0n) is 13.8. The Hall–Kier alpha value is -2.12. The average molecular weight is 326 g/mol. The number of carbonyl (C=O) groups is 2. The van der Waals surface area contributed by atoms with E-state index in [9.17, 15) is 0 Å². The number of carboxylic acid groups (broad SMARTS) is 2. The molecule has 23 heavy (non-hydrogen) atoms. The van der Waals surface area contributed by atoms with E-state index in [1.165, 1.54) is 11.1 Å². The Labute approximate surface area is 136 Å². The van der Waals surface area contributed by atoms with Crippen LogP contribution in [0.4, 0.5) is 0 Å². The molecule has 0 bridgehead atoms. The molecule has 0 saturated heterocycles. The Morgan fingerprint density at radius 2 is 1.83 bits per heavy atom. The van der Waals surface area contributed by atoms with Crippen LogP contribution < -0.4 is 15.8 Å². The highest BCUT2D eigenvalue weighted by molar-refractivity contribution is 6.27. The van der Waals surface area contributed by atoms with Crippen molar-refractivity contribution in [3.05, 3.63) is 29.3 Å². The van der Waals surface area contributed by atoms with Crippen molar-refractivity contribution in [3.63, 3.8) is 0 Å². The molecule has 0 unspecified atom stereocenters. The molecule has 0 aliphatic carbocycles. The third-order valence-electron chi connectivity index (χ3n) is 2.91. The normalized spacial score (nSPS) is 9.96. The van der Waals surface area contributed by atoms with Gasteiger partial charge >= 0.3 is 11.9 Å². The average Bonchev–Trinajstić information content (AvgIpc) is 2.47. The summed E-state index contributed by atoms with van der Waals surface area (Å²) in [6.07, 6.45) is 0. The Morgan fingerprint density at radius 3 is 2.26 bits per heavy atom. The van der Waals surface area contributed by atoms with E-state index in [0.717, 1.165) is 18.8 Å². The van der Waals surface area contributed by atoms with E-state index in [0.29, 0.717) is 19.1 Å². The van der Waals surface area contributed by atoms with Gasteiger partial charge in [0.2, 0.25) is 0 Å². The first kappa shape index (κ1) is 20.9. The number of rotatable bonds is 7. The third-order valence-corrected chi connectivity index (χ3v) is 2.91. The number of aliphatic carboxylic acids is 2. The number of benzene rings is 1. The fourth-order valence-electron chi connectivity index (χ4n) is 1.85. The van der Waals surface area contributed by atoms with Gasteiger partial charge in [-0.1, -0.05) is 19.9 Å². The maximum absolute atomic E-state index is 9.10. The highest BCUT2D eigenvalue weighted by Gasteiger charge is 2.04. The van der Waals surface area contributed by atoms with Crippen molar-refractivity contribution in [3.8, 4) is 5.75 Å². The predicted octanol–water partition coefficient (Wildman–Crippen LogP) is 1.20. The van der Waals surface area contributed by atoms with Gasteiger partial charge in [-0.05, 0) is 36.1 Å². The van der Waals surface area contributed by atoms with Gasteiger partial charge in [0.15, 0.2) is 0 Å². The predicted molar refractivity (Wildman–Crippen MR) is 88.0 cm³/mol. The van der Waals surface area contributed by atoms with E-state index < -0.39 is 11.9 Å². The van der Waals surface area contributed by atoms with Crippen LogP contribution in [0, 0.1) is 6.92 Å². The first-order chi connectivity index (χ1) is 10.8. The molecule has 0 amide bonds. The summed E-state index contributed by atoms with van der Waals surface area (Å²) < 4.78 is 5.66. The monoisotopic (exact) mass is 326 g/mol. The summed E-state index contributed by atoms with van der Waals surface area (Å²) in [5.74, 6) is -2.14. The molecule has 0 atom stereocenters. The molecule has 0 spiro atoms. The molecule has 1 rings (SSSR count). The zero-order valence-corrected chi connectivity index (χ0v) is 13.8. The van der Waals surface area contributed by atoms with Crippen LogP contribution >= 0.6 is 0 Å². The van der Waals surface area contributed by atoms with Crippen molar-refractivity contribution >= 4 is 11.9 Å². The molecule has 1 aromatic carbocycles. The van der Waals surface area contributed by atoms with Gasteiger partial charge in [-0.3, -0.25) is 0 Å². The van der Waals surface area contributed by atoms with Crippen LogP contribution in [0.1, 0.15) is 30.9 Å². The summed E-state index contributed by atoms with van der Waals surface area (Å²) in [5.41, 5.74) is 8.07. The Balaban J connectivity index is 0.000000688. The smallest absolute Gasteiger partial charge is 0.414 e. The number of aryl methyl sites for hydroxylation is 1. The summed E-state index contributed by atoms with van der Waals surface area (Å²) in [5, 5.41) is 18.0. The first-order valence-electron chi connectivity index (χ1n) is 7.40. The number of hydrogen-bond acceptors (Lipinski definition) is 5. The van der Waals surface area contributed by atoms with Crippen LogP contribution in [0.15, 0.2) is 18.2 Å². The number of carboxylic acids is 2. The Morgan fingerprint density at radius 1 is 1.22 bits per heavy atom. The van der Waals surface area contributed by atoms with Gasteiger partial charge in [-0.2, -0.15) is 0 Å². The van der Waals surface area contributed by atoms with Crippen LogP contribution in [-0.4, -0.2) is 48.4 Å². The minimum absolute atomic E-state index is 0.565. The lowest BCUT2D eigenvalue weighted by molar-refractivity contribution is -0.159. The maximum Gasteiger partial charge on any atom is 0.414 e. The van der Waals surface area contributed by atoms with Crippen molar-refractivity contribution in [1.29, 1.82) is 0 Å². The Bertz CT molecular complexity index is 491. The summed E-state index contributed by atoms with van der Waals surface area (Å²) in [6, 6.07) is 6.31. The van der Waals surface area contributed by atoms with E-state index in [1.807, 2.05) is 6.07 Å². The largest absolute Gasteiger partial charge is 0.492 e.